The number of carbonyl (C=O) groups is 2. The zero-order valence-electron chi connectivity index (χ0n) is 24.6. The monoisotopic (exact) mass is 558 g/mol. The number of nitrogens with one attached hydrogen (secondary N) is 2. The Morgan fingerprint density at radius 1 is 1.02 bits per heavy atom. The fraction of sp³-hybridized carbons (Fsp3) is 0.394. The number of benzene rings is 3. The van der Waals surface area contributed by atoms with Gasteiger partial charge in [-0.2, -0.15) is 0 Å². The highest BCUT2D eigenvalue weighted by Crippen LogP contribution is 2.35. The summed E-state index contributed by atoms with van der Waals surface area (Å²) in [6.07, 6.45) is -0.278. The highest BCUT2D eigenvalue weighted by atomic mass is 16.5. The van der Waals surface area contributed by atoms with Crippen LogP contribution in [0, 0.1) is 5.92 Å². The first kappa shape index (κ1) is 30.1. The molecule has 41 heavy (non-hydrogen) atoms. The normalized spacial score (nSPS) is 17.9. The van der Waals surface area contributed by atoms with Gasteiger partial charge in [0.1, 0.15) is 6.10 Å². The van der Waals surface area contributed by atoms with Gasteiger partial charge >= 0.3 is 6.03 Å². The zero-order chi connectivity index (χ0) is 29.5. The van der Waals surface area contributed by atoms with Crippen LogP contribution in [0.15, 0.2) is 72.8 Å². The maximum absolute atomic E-state index is 13.6. The molecule has 0 aliphatic carbocycles. The van der Waals surface area contributed by atoms with Gasteiger partial charge in [-0.05, 0) is 56.6 Å². The quantitative estimate of drug-likeness (QED) is 0.334. The van der Waals surface area contributed by atoms with E-state index >= 15 is 0 Å². The first-order valence-electron chi connectivity index (χ1n) is 14.3. The second kappa shape index (κ2) is 13.7. The number of hydrogen-bond donors (Lipinski definition) is 3. The molecule has 0 saturated carbocycles. The second-order valence-electron chi connectivity index (χ2n) is 11.3. The third-order valence-electron chi connectivity index (χ3n) is 7.36. The second-order valence-corrected chi connectivity index (χ2v) is 11.3. The fourth-order valence-electron chi connectivity index (χ4n) is 5.10. The number of amides is 3. The molecule has 0 aromatic heterocycles. The minimum absolute atomic E-state index is 0.0402. The van der Waals surface area contributed by atoms with Crippen LogP contribution in [0.5, 0.6) is 5.75 Å². The number of anilines is 1. The number of aliphatic hydroxyl groups excluding tert-OH is 1. The lowest BCUT2D eigenvalue weighted by Gasteiger charge is -2.38. The van der Waals surface area contributed by atoms with Gasteiger partial charge in [-0.3, -0.25) is 9.69 Å². The predicted molar refractivity (Wildman–Crippen MR) is 163 cm³/mol. The van der Waals surface area contributed by atoms with Crippen molar-refractivity contribution in [3.8, 4) is 16.9 Å². The molecular formula is C33H42N4O4. The molecule has 218 valence electrons. The van der Waals surface area contributed by atoms with Crippen LogP contribution in [0.1, 0.15) is 43.6 Å². The topological polar surface area (TPSA) is 94.1 Å². The van der Waals surface area contributed by atoms with Crippen LogP contribution in [0.2, 0.25) is 0 Å². The number of fused-ring (bicyclic) bond motifs is 1. The summed E-state index contributed by atoms with van der Waals surface area (Å²) in [5.41, 5.74) is 4.34. The summed E-state index contributed by atoms with van der Waals surface area (Å²) in [6.45, 7) is 9.28. The van der Waals surface area contributed by atoms with E-state index in [1.807, 2.05) is 39.0 Å². The zero-order valence-corrected chi connectivity index (χ0v) is 24.6. The lowest BCUT2D eigenvalue weighted by molar-refractivity contribution is 0.0343. The van der Waals surface area contributed by atoms with Gasteiger partial charge in [0.15, 0.2) is 5.75 Å². The van der Waals surface area contributed by atoms with Crippen molar-refractivity contribution < 1.29 is 19.4 Å². The molecular weight excluding hydrogens is 516 g/mol. The van der Waals surface area contributed by atoms with Gasteiger partial charge in [0.05, 0.1) is 23.9 Å². The number of para-hydroxylation sites is 1. The Morgan fingerprint density at radius 3 is 2.37 bits per heavy atom. The molecule has 1 heterocycles. The van der Waals surface area contributed by atoms with Crippen LogP contribution in [-0.4, -0.2) is 71.8 Å². The Balaban J connectivity index is 1.57. The molecule has 0 radical (unpaired) electrons. The molecule has 1 aliphatic rings. The van der Waals surface area contributed by atoms with E-state index in [1.54, 1.807) is 23.1 Å². The molecule has 0 bridgehead atoms. The Hall–Kier alpha value is -3.88. The van der Waals surface area contributed by atoms with Crippen molar-refractivity contribution >= 4 is 17.6 Å². The van der Waals surface area contributed by atoms with Crippen molar-refractivity contribution in [3.05, 3.63) is 83.9 Å². The number of nitrogens with zero attached hydrogens (tertiary/aromatic N) is 2. The number of likely N-dealkylation sites (N-methyl/N-ethyl adjacent to an activating group) is 1. The van der Waals surface area contributed by atoms with Crippen molar-refractivity contribution in [1.29, 1.82) is 0 Å². The maximum Gasteiger partial charge on any atom is 0.319 e. The summed E-state index contributed by atoms with van der Waals surface area (Å²) in [4.78, 5) is 30.2. The van der Waals surface area contributed by atoms with E-state index in [9.17, 15) is 14.7 Å². The smallest absolute Gasteiger partial charge is 0.319 e. The lowest BCUT2D eigenvalue weighted by Crippen LogP contribution is -2.49. The molecule has 1 aliphatic heterocycles. The van der Waals surface area contributed by atoms with Gasteiger partial charge in [0.25, 0.3) is 5.91 Å². The summed E-state index contributed by atoms with van der Waals surface area (Å²) in [7, 11) is 2.06. The van der Waals surface area contributed by atoms with E-state index in [4.69, 9.17) is 4.74 Å². The van der Waals surface area contributed by atoms with Gasteiger partial charge in [-0.1, -0.05) is 67.6 Å². The number of rotatable bonds is 9. The van der Waals surface area contributed by atoms with Crippen LogP contribution < -0.4 is 15.4 Å². The van der Waals surface area contributed by atoms with Crippen LogP contribution in [0.25, 0.3) is 11.1 Å². The number of urea groups is 1. The van der Waals surface area contributed by atoms with Crippen molar-refractivity contribution in [3.63, 3.8) is 0 Å². The van der Waals surface area contributed by atoms with Crippen molar-refractivity contribution in [1.82, 2.24) is 15.1 Å². The van der Waals surface area contributed by atoms with E-state index in [-0.39, 0.29) is 42.7 Å². The molecule has 0 saturated heterocycles. The van der Waals surface area contributed by atoms with E-state index < -0.39 is 0 Å². The molecule has 8 heteroatoms. The molecule has 0 spiro atoms. The summed E-state index contributed by atoms with van der Waals surface area (Å²) in [5, 5.41) is 15.6. The fourth-order valence-corrected chi connectivity index (χ4v) is 5.10. The maximum atomic E-state index is 13.6. The van der Waals surface area contributed by atoms with E-state index in [0.29, 0.717) is 30.1 Å². The SMILES string of the molecule is CC(C)NC(=O)Nc1cccc2c1O[C@@H](CN(C)Cc1ccc(-c3ccccc3)cc1)[C@H](C)CN([C@H](C)CO)C2=O. The minimum atomic E-state index is -0.368. The molecule has 8 nitrogen and oxygen atoms in total. The molecule has 3 amide bonds. The van der Waals surface area contributed by atoms with Gasteiger partial charge in [0.2, 0.25) is 0 Å². The van der Waals surface area contributed by atoms with Crippen LogP contribution >= 0.6 is 0 Å². The van der Waals surface area contributed by atoms with Gasteiger partial charge in [0, 0.05) is 31.6 Å². The van der Waals surface area contributed by atoms with Gasteiger partial charge in [-0.15, -0.1) is 0 Å². The predicted octanol–water partition coefficient (Wildman–Crippen LogP) is 5.24. The van der Waals surface area contributed by atoms with Crippen LogP contribution in [-0.2, 0) is 6.54 Å². The molecule has 3 N–H and O–H groups in total. The molecule has 3 atom stereocenters. The first-order valence-corrected chi connectivity index (χ1v) is 14.3. The average molecular weight is 559 g/mol. The van der Waals surface area contributed by atoms with Crippen molar-refractivity contribution in [2.45, 2.75) is 52.4 Å². The van der Waals surface area contributed by atoms with E-state index in [0.717, 1.165) is 6.54 Å². The summed E-state index contributed by atoms with van der Waals surface area (Å²) in [6, 6.07) is 23.3. The molecule has 3 aromatic carbocycles. The van der Waals surface area contributed by atoms with E-state index in [1.165, 1.54) is 16.7 Å². The Bertz CT molecular complexity index is 1310. The van der Waals surface area contributed by atoms with E-state index in [2.05, 4.69) is 65.9 Å². The standard InChI is InChI=1S/C33H42N4O4/c1-22(2)34-33(40)35-29-13-9-12-28-31(29)41-30(23(3)18-37(32(28)39)24(4)21-38)20-36(5)19-25-14-16-27(17-15-25)26-10-7-6-8-11-26/h6-17,22-24,30,38H,18-21H2,1-5H3,(H2,34,35,40)/t23-,24-,30+/m1/s1. The highest BCUT2D eigenvalue weighted by Gasteiger charge is 2.34. The average Bonchev–Trinajstić information content (AvgIpc) is 2.95. The number of aliphatic hydroxyl groups is 1. The van der Waals surface area contributed by atoms with Crippen molar-refractivity contribution in [2.24, 2.45) is 5.92 Å². The molecule has 4 rings (SSSR count). The summed E-state index contributed by atoms with van der Waals surface area (Å²) < 4.78 is 6.61. The summed E-state index contributed by atoms with van der Waals surface area (Å²) >= 11 is 0. The molecule has 0 fully saturated rings. The number of carbonyl (C=O) groups excluding carboxylic acids is 2. The van der Waals surface area contributed by atoms with Crippen molar-refractivity contribution in [2.75, 3.05) is 32.1 Å². The Kier molecular flexibility index (Phi) is 10.0. The lowest BCUT2D eigenvalue weighted by atomic mass is 9.98. The Morgan fingerprint density at radius 2 is 1.71 bits per heavy atom. The first-order chi connectivity index (χ1) is 19.7. The molecule has 0 unspecified atom stereocenters. The van der Waals surface area contributed by atoms with Crippen LogP contribution in [0.4, 0.5) is 10.5 Å². The van der Waals surface area contributed by atoms with Gasteiger partial charge < -0.3 is 25.4 Å². The molecule has 3 aromatic rings. The third-order valence-corrected chi connectivity index (χ3v) is 7.36. The van der Waals surface area contributed by atoms with Gasteiger partial charge in [-0.25, -0.2) is 4.79 Å². The summed E-state index contributed by atoms with van der Waals surface area (Å²) in [5.74, 6) is 0.0805. The number of hydrogen-bond acceptors (Lipinski definition) is 5. The largest absolute Gasteiger partial charge is 0.486 e. The third kappa shape index (κ3) is 7.65. The minimum Gasteiger partial charge on any atom is -0.486 e. The highest BCUT2D eigenvalue weighted by molar-refractivity contribution is 6.01. The Labute approximate surface area is 243 Å². The number of ether oxygens (including phenoxy) is 1. The van der Waals surface area contributed by atoms with Crippen LogP contribution in [0.3, 0.4) is 0 Å².